The maximum Gasteiger partial charge on any atom is 0.410 e. The molecule has 2 fully saturated rings. The number of hydrogen-bond donors (Lipinski definition) is 3. The number of nitrogens with zero attached hydrogens (tertiary/aromatic N) is 3. The van der Waals surface area contributed by atoms with Gasteiger partial charge in [0.2, 0.25) is 0 Å². The minimum Gasteiger partial charge on any atom is -0.444 e. The molecule has 3 aromatic carbocycles. The first kappa shape index (κ1) is 29.7. The number of aromatic nitrogens is 4. The predicted molar refractivity (Wildman–Crippen MR) is 188 cm³/mol. The van der Waals surface area contributed by atoms with Gasteiger partial charge in [-0.2, -0.15) is 0 Å². The molecule has 0 spiro atoms. The molecule has 1 amide bonds. The molecule has 240 valence electrons. The van der Waals surface area contributed by atoms with Crippen LogP contribution < -0.4 is 5.32 Å². The molecule has 1 aliphatic carbocycles. The van der Waals surface area contributed by atoms with Crippen LogP contribution in [0.5, 0.6) is 0 Å². The molecule has 3 N–H and O–H groups in total. The molecule has 8 nitrogen and oxygen atoms in total. The number of rotatable bonds is 5. The van der Waals surface area contributed by atoms with Gasteiger partial charge in [0.1, 0.15) is 17.2 Å². The summed E-state index contributed by atoms with van der Waals surface area (Å²) in [6.07, 6.45) is 12.8. The van der Waals surface area contributed by atoms with Crippen molar-refractivity contribution in [3.63, 3.8) is 0 Å². The van der Waals surface area contributed by atoms with Crippen molar-refractivity contribution >= 4 is 33.7 Å². The number of carbonyl (C=O) groups excluding carboxylic acids is 1. The number of carbonyl (C=O) groups is 1. The van der Waals surface area contributed by atoms with E-state index in [4.69, 9.17) is 14.7 Å². The molecule has 8 heteroatoms. The fourth-order valence-corrected chi connectivity index (χ4v) is 7.26. The van der Waals surface area contributed by atoms with Gasteiger partial charge in [-0.3, -0.25) is 4.90 Å². The summed E-state index contributed by atoms with van der Waals surface area (Å²) in [7, 11) is 0. The minimum absolute atomic E-state index is 0.116. The van der Waals surface area contributed by atoms with Gasteiger partial charge in [-0.15, -0.1) is 0 Å². The fraction of sp³-hybridized carbons (Fsp3) is 0.359. The third kappa shape index (κ3) is 5.87. The lowest BCUT2D eigenvalue weighted by Crippen LogP contribution is -2.36. The molecule has 2 saturated heterocycles. The molecule has 0 bridgehead atoms. The van der Waals surface area contributed by atoms with Gasteiger partial charge in [0, 0.05) is 6.54 Å². The van der Waals surface area contributed by atoms with Crippen LogP contribution >= 0.6 is 0 Å². The van der Waals surface area contributed by atoms with Crippen LogP contribution in [0.4, 0.5) is 4.79 Å². The van der Waals surface area contributed by atoms with Crippen molar-refractivity contribution in [2.45, 2.75) is 77.0 Å². The zero-order valence-corrected chi connectivity index (χ0v) is 27.4. The van der Waals surface area contributed by atoms with E-state index in [2.05, 4.69) is 88.1 Å². The number of benzene rings is 3. The van der Waals surface area contributed by atoms with Gasteiger partial charge in [0.15, 0.2) is 0 Å². The topological polar surface area (TPSA) is 98.9 Å². The Morgan fingerprint density at radius 1 is 0.830 bits per heavy atom. The largest absolute Gasteiger partial charge is 0.444 e. The number of aromatic amines is 2. The highest BCUT2D eigenvalue weighted by molar-refractivity contribution is 5.92. The van der Waals surface area contributed by atoms with E-state index in [0.717, 1.165) is 83.5 Å². The normalized spacial score (nSPS) is 20.0. The molecule has 0 saturated carbocycles. The Morgan fingerprint density at radius 2 is 1.55 bits per heavy atom. The number of imidazole rings is 2. The molecule has 8 rings (SSSR count). The maximum atomic E-state index is 13.0. The molecule has 0 radical (unpaired) electrons. The molecular formula is C39H42N6O2. The Labute approximate surface area is 275 Å². The second-order valence-corrected chi connectivity index (χ2v) is 14.1. The van der Waals surface area contributed by atoms with E-state index in [-0.39, 0.29) is 12.1 Å². The van der Waals surface area contributed by atoms with E-state index in [1.54, 1.807) is 0 Å². The van der Waals surface area contributed by atoms with E-state index < -0.39 is 5.60 Å². The van der Waals surface area contributed by atoms with E-state index in [0.29, 0.717) is 12.6 Å². The average molecular weight is 627 g/mol. The van der Waals surface area contributed by atoms with Gasteiger partial charge in [0.05, 0.1) is 34.2 Å². The van der Waals surface area contributed by atoms with Gasteiger partial charge in [-0.25, -0.2) is 14.8 Å². The Morgan fingerprint density at radius 3 is 2.30 bits per heavy atom. The van der Waals surface area contributed by atoms with Gasteiger partial charge < -0.3 is 20.0 Å². The highest BCUT2D eigenvalue weighted by Crippen LogP contribution is 2.38. The lowest BCUT2D eigenvalue weighted by Gasteiger charge is -2.27. The standard InChI is InChI=1S/C39H42N6O2/c1-39(2,3)47-38(46)45-20-8-12-35(45)37-42-31-17-14-26(22-33(31)44-37)25-13-16-28(29(21-25)24-9-5-4-6-10-24)27-15-18-30-34(23-27)43-36(41-30)32-11-7-19-40-32/h5,9-10,13-18,21-23,32,35,40H,4,6-8,11-12,19-20H2,1-3H3,(H,41,43)(H,42,44)/t32-,35-/m0/s1. The highest BCUT2D eigenvalue weighted by atomic mass is 16.6. The number of likely N-dealkylation sites (tertiary alicyclic amines) is 1. The van der Waals surface area contributed by atoms with Crippen molar-refractivity contribution in [3.8, 4) is 22.3 Å². The summed E-state index contributed by atoms with van der Waals surface area (Å²) >= 11 is 0. The Kier molecular flexibility index (Phi) is 7.48. The third-order valence-corrected chi connectivity index (χ3v) is 9.56. The summed E-state index contributed by atoms with van der Waals surface area (Å²) in [5.41, 5.74) is 10.5. The van der Waals surface area contributed by atoms with Crippen LogP contribution in [0, 0.1) is 0 Å². The van der Waals surface area contributed by atoms with E-state index >= 15 is 0 Å². The third-order valence-electron chi connectivity index (χ3n) is 9.56. The van der Waals surface area contributed by atoms with Gasteiger partial charge >= 0.3 is 6.09 Å². The van der Waals surface area contributed by atoms with Crippen molar-refractivity contribution in [1.29, 1.82) is 0 Å². The second kappa shape index (κ2) is 11.8. The summed E-state index contributed by atoms with van der Waals surface area (Å²) in [6.45, 7) is 7.43. The number of hydrogen-bond acceptors (Lipinski definition) is 5. The zero-order valence-electron chi connectivity index (χ0n) is 27.4. The van der Waals surface area contributed by atoms with E-state index in [9.17, 15) is 4.79 Å². The molecular weight excluding hydrogens is 584 g/mol. The first-order chi connectivity index (χ1) is 22.8. The first-order valence-electron chi connectivity index (χ1n) is 17.0. The van der Waals surface area contributed by atoms with Crippen LogP contribution in [-0.4, -0.2) is 49.6 Å². The van der Waals surface area contributed by atoms with E-state index in [1.807, 2.05) is 25.7 Å². The van der Waals surface area contributed by atoms with Crippen molar-refractivity contribution in [2.24, 2.45) is 0 Å². The lowest BCUT2D eigenvalue weighted by molar-refractivity contribution is 0.0219. The van der Waals surface area contributed by atoms with Crippen LogP contribution in [-0.2, 0) is 4.74 Å². The molecule has 3 aliphatic rings. The average Bonchev–Trinajstić information content (AvgIpc) is 3.89. The highest BCUT2D eigenvalue weighted by Gasteiger charge is 2.35. The number of allylic oxidation sites excluding steroid dienone is 4. The fourth-order valence-electron chi connectivity index (χ4n) is 7.26. The molecule has 2 aromatic heterocycles. The summed E-state index contributed by atoms with van der Waals surface area (Å²) in [6, 6.07) is 20.0. The van der Waals surface area contributed by atoms with Crippen molar-refractivity contribution in [2.75, 3.05) is 13.1 Å². The molecule has 47 heavy (non-hydrogen) atoms. The predicted octanol–water partition coefficient (Wildman–Crippen LogP) is 9.00. The summed E-state index contributed by atoms with van der Waals surface area (Å²) in [5, 5.41) is 3.56. The van der Waals surface area contributed by atoms with Gasteiger partial charge in [-0.1, -0.05) is 42.5 Å². The number of ether oxygens (including phenoxy) is 1. The molecule has 4 heterocycles. The quantitative estimate of drug-likeness (QED) is 0.181. The van der Waals surface area contributed by atoms with Crippen LogP contribution in [0.3, 0.4) is 0 Å². The number of amides is 1. The molecule has 5 aromatic rings. The Hall–Kier alpha value is -4.69. The van der Waals surface area contributed by atoms with Crippen molar-refractivity contribution in [1.82, 2.24) is 30.2 Å². The van der Waals surface area contributed by atoms with Crippen LogP contribution in [0.1, 0.15) is 88.6 Å². The second-order valence-electron chi connectivity index (χ2n) is 14.1. The first-order valence-corrected chi connectivity index (χ1v) is 17.0. The summed E-state index contributed by atoms with van der Waals surface area (Å²) in [4.78, 5) is 31.7. The van der Waals surface area contributed by atoms with Gasteiger partial charge in [0.25, 0.3) is 0 Å². The van der Waals surface area contributed by atoms with E-state index in [1.165, 1.54) is 28.7 Å². The van der Waals surface area contributed by atoms with Gasteiger partial charge in [-0.05, 0) is 130 Å². The Balaban J connectivity index is 1.13. The smallest absolute Gasteiger partial charge is 0.410 e. The lowest BCUT2D eigenvalue weighted by atomic mass is 9.89. The van der Waals surface area contributed by atoms with Crippen molar-refractivity contribution < 1.29 is 9.53 Å². The maximum absolute atomic E-state index is 13.0. The molecule has 0 unspecified atom stereocenters. The van der Waals surface area contributed by atoms with Crippen LogP contribution in [0.2, 0.25) is 0 Å². The summed E-state index contributed by atoms with van der Waals surface area (Å²) < 4.78 is 5.70. The molecule has 2 aliphatic heterocycles. The Bertz CT molecular complexity index is 2040. The number of H-pyrrole nitrogens is 2. The van der Waals surface area contributed by atoms with Crippen LogP contribution in [0.15, 0.2) is 72.8 Å². The SMILES string of the molecule is CC(C)(C)OC(=O)N1CCC[C@H]1c1nc2ccc(-c3ccc(-c4ccc5nc([C@@H]6CCCN6)[nH]c5c4)c(C4=CCCC=C4)c3)cc2[nH]1. The number of fused-ring (bicyclic) bond motifs is 2. The molecule has 2 atom stereocenters. The monoisotopic (exact) mass is 626 g/mol. The van der Waals surface area contributed by atoms with Crippen molar-refractivity contribution in [3.05, 3.63) is 90.0 Å². The zero-order chi connectivity index (χ0) is 32.1. The minimum atomic E-state index is -0.535. The van der Waals surface area contributed by atoms with Crippen LogP contribution in [0.25, 0.3) is 49.9 Å². The summed E-state index contributed by atoms with van der Waals surface area (Å²) in [5.74, 6) is 1.85. The number of nitrogens with one attached hydrogen (secondary N) is 3.